The van der Waals surface area contributed by atoms with E-state index in [0.29, 0.717) is 18.4 Å². The topological polar surface area (TPSA) is 51.0 Å². The lowest BCUT2D eigenvalue weighted by atomic mass is 9.98. The van der Waals surface area contributed by atoms with Gasteiger partial charge >= 0.3 is 6.18 Å². The van der Waals surface area contributed by atoms with Gasteiger partial charge in [-0.3, -0.25) is 4.90 Å². The minimum absolute atomic E-state index is 0.0140. The van der Waals surface area contributed by atoms with E-state index in [-0.39, 0.29) is 43.9 Å². The second kappa shape index (κ2) is 7.29. The summed E-state index contributed by atoms with van der Waals surface area (Å²) in [4.78, 5) is 12.3. The van der Waals surface area contributed by atoms with Gasteiger partial charge in [-0.15, -0.1) is 10.2 Å². The molecule has 27 heavy (non-hydrogen) atoms. The minimum atomic E-state index is -4.66. The van der Waals surface area contributed by atoms with Crippen LogP contribution in [-0.2, 0) is 24.1 Å². The van der Waals surface area contributed by atoms with Crippen LogP contribution in [0.1, 0.15) is 36.1 Å². The van der Waals surface area contributed by atoms with Crippen LogP contribution >= 0.6 is 0 Å². The van der Waals surface area contributed by atoms with E-state index < -0.39 is 35.5 Å². The van der Waals surface area contributed by atoms with Gasteiger partial charge in [-0.1, -0.05) is 0 Å². The van der Waals surface area contributed by atoms with E-state index in [1.165, 1.54) is 0 Å². The quantitative estimate of drug-likeness (QED) is 0.445. The van der Waals surface area contributed by atoms with Crippen molar-refractivity contribution in [2.75, 3.05) is 6.54 Å². The van der Waals surface area contributed by atoms with Crippen LogP contribution in [0.15, 0.2) is 12.1 Å². The molecule has 1 unspecified atom stereocenters. The molecule has 0 spiro atoms. The molecule has 0 radical (unpaired) electrons. The third-order valence-electron chi connectivity index (χ3n) is 4.43. The molecule has 11 heteroatoms. The first kappa shape index (κ1) is 19.3. The Morgan fingerprint density at radius 2 is 1.78 bits per heavy atom. The molecule has 0 saturated carbocycles. The Labute approximate surface area is 149 Å². The Morgan fingerprint density at radius 3 is 2.44 bits per heavy atom. The number of hydrogen-bond acceptors (Lipinski definition) is 4. The van der Waals surface area contributed by atoms with Crippen molar-refractivity contribution in [1.29, 1.82) is 0 Å². The van der Waals surface area contributed by atoms with Crippen LogP contribution in [-0.4, -0.2) is 32.5 Å². The van der Waals surface area contributed by atoms with Crippen molar-refractivity contribution in [3.63, 3.8) is 0 Å². The molecule has 1 atom stereocenters. The zero-order valence-corrected chi connectivity index (χ0v) is 13.8. The summed E-state index contributed by atoms with van der Waals surface area (Å²) in [5.74, 6) is -4.69. The summed E-state index contributed by atoms with van der Waals surface area (Å²) in [5.41, 5.74) is -0.167. The van der Waals surface area contributed by atoms with Crippen LogP contribution in [0.5, 0.6) is 0 Å². The number of carbonyl (C=O) groups excluding carboxylic acids is 1. The van der Waals surface area contributed by atoms with E-state index in [0.717, 1.165) is 4.57 Å². The maximum atomic E-state index is 14.2. The molecule has 1 aliphatic heterocycles. The van der Waals surface area contributed by atoms with E-state index in [4.69, 9.17) is 0 Å². The lowest BCUT2D eigenvalue weighted by Crippen LogP contribution is -2.38. The van der Waals surface area contributed by atoms with Gasteiger partial charge in [-0.25, -0.2) is 13.2 Å². The van der Waals surface area contributed by atoms with Gasteiger partial charge in [-0.2, -0.15) is 13.2 Å². The molecule has 2 aromatic rings. The molecule has 0 fully saturated rings. The summed E-state index contributed by atoms with van der Waals surface area (Å²) in [6, 6.07) is 0.290. The van der Waals surface area contributed by atoms with E-state index in [1.807, 2.05) is 0 Å². The highest BCUT2D eigenvalue weighted by atomic mass is 19.4. The summed E-state index contributed by atoms with van der Waals surface area (Å²) >= 11 is 0. The fourth-order valence-corrected chi connectivity index (χ4v) is 3.21. The van der Waals surface area contributed by atoms with Crippen molar-refractivity contribution in [2.24, 2.45) is 0 Å². The predicted octanol–water partition coefficient (Wildman–Crippen LogP) is 3.25. The predicted molar refractivity (Wildman–Crippen MR) is 79.8 cm³/mol. The van der Waals surface area contributed by atoms with Gasteiger partial charge < -0.3 is 9.36 Å². The summed E-state index contributed by atoms with van der Waals surface area (Å²) < 4.78 is 80.7. The molecular formula is C16H14F6N4O. The number of benzene rings is 1. The third-order valence-corrected chi connectivity index (χ3v) is 4.43. The van der Waals surface area contributed by atoms with Gasteiger partial charge in [0.2, 0.25) is 5.82 Å². The second-order valence-corrected chi connectivity index (χ2v) is 6.11. The minimum Gasteiger partial charge on any atom is -0.305 e. The van der Waals surface area contributed by atoms with Crippen molar-refractivity contribution < 1.29 is 31.1 Å². The highest BCUT2D eigenvalue weighted by Crippen LogP contribution is 2.34. The monoisotopic (exact) mass is 392 g/mol. The lowest BCUT2D eigenvalue weighted by Gasteiger charge is -2.35. The third kappa shape index (κ3) is 3.82. The Bertz CT molecular complexity index is 850. The van der Waals surface area contributed by atoms with Gasteiger partial charge in [0.05, 0.1) is 6.54 Å². The normalized spacial score (nSPS) is 16.2. The van der Waals surface area contributed by atoms with Crippen molar-refractivity contribution in [3.05, 3.63) is 46.8 Å². The maximum absolute atomic E-state index is 14.2. The molecule has 1 aliphatic rings. The summed E-state index contributed by atoms with van der Waals surface area (Å²) in [5, 5.41) is 6.70. The second-order valence-electron chi connectivity index (χ2n) is 6.11. The number of aldehydes is 1. The SMILES string of the molecule is O=CCCC(c1cc(F)c(F)cc1F)N1CCn2c(nnc2C(F)(F)F)C1. The number of rotatable bonds is 5. The number of hydrogen-bond donors (Lipinski definition) is 0. The molecule has 0 bridgehead atoms. The zero-order valence-electron chi connectivity index (χ0n) is 13.8. The fourth-order valence-electron chi connectivity index (χ4n) is 3.21. The Morgan fingerprint density at radius 1 is 1.07 bits per heavy atom. The standard InChI is InChI=1S/C16H14F6N4O/c17-10-7-12(19)11(18)6-9(10)13(2-1-5-27)25-3-4-26-14(8-25)23-24-15(26)16(20,21)22/h5-7,13H,1-4,8H2. The number of aromatic nitrogens is 3. The van der Waals surface area contributed by atoms with E-state index in [1.54, 1.807) is 4.90 Å². The highest BCUT2D eigenvalue weighted by molar-refractivity contribution is 5.49. The number of halogens is 6. The van der Waals surface area contributed by atoms with Crippen molar-refractivity contribution in [3.8, 4) is 0 Å². The van der Waals surface area contributed by atoms with Crippen LogP contribution < -0.4 is 0 Å². The van der Waals surface area contributed by atoms with E-state index in [2.05, 4.69) is 10.2 Å². The molecule has 3 rings (SSSR count). The summed E-state index contributed by atoms with van der Waals surface area (Å²) in [6.07, 6.45) is -3.96. The van der Waals surface area contributed by atoms with Gasteiger partial charge in [0.1, 0.15) is 17.9 Å². The average molecular weight is 392 g/mol. The Hall–Kier alpha value is -2.43. The molecule has 1 aromatic carbocycles. The number of carbonyl (C=O) groups is 1. The van der Waals surface area contributed by atoms with E-state index >= 15 is 0 Å². The molecule has 1 aromatic heterocycles. The van der Waals surface area contributed by atoms with Crippen molar-refractivity contribution >= 4 is 6.29 Å². The maximum Gasteiger partial charge on any atom is 0.451 e. The molecule has 2 heterocycles. The van der Waals surface area contributed by atoms with Crippen LogP contribution in [0.3, 0.4) is 0 Å². The molecule has 0 aliphatic carbocycles. The molecule has 5 nitrogen and oxygen atoms in total. The molecule has 0 N–H and O–H groups in total. The van der Waals surface area contributed by atoms with Gasteiger partial charge in [0.15, 0.2) is 11.6 Å². The smallest absolute Gasteiger partial charge is 0.305 e. The van der Waals surface area contributed by atoms with Crippen molar-refractivity contribution in [2.45, 2.75) is 38.1 Å². The van der Waals surface area contributed by atoms with E-state index in [9.17, 15) is 31.1 Å². The molecule has 0 amide bonds. The van der Waals surface area contributed by atoms with Crippen LogP contribution in [0.25, 0.3) is 0 Å². The van der Waals surface area contributed by atoms with Crippen molar-refractivity contribution in [1.82, 2.24) is 19.7 Å². The van der Waals surface area contributed by atoms with Gasteiger partial charge in [0, 0.05) is 37.2 Å². The number of fused-ring (bicyclic) bond motifs is 1. The summed E-state index contributed by atoms with van der Waals surface area (Å²) in [7, 11) is 0. The first-order chi connectivity index (χ1) is 12.7. The van der Waals surface area contributed by atoms with Crippen LogP contribution in [0, 0.1) is 17.5 Å². The first-order valence-corrected chi connectivity index (χ1v) is 8.03. The Balaban J connectivity index is 1.92. The van der Waals surface area contributed by atoms with Crippen LogP contribution in [0.4, 0.5) is 26.3 Å². The fraction of sp³-hybridized carbons (Fsp3) is 0.438. The Kier molecular flexibility index (Phi) is 5.22. The highest BCUT2D eigenvalue weighted by Gasteiger charge is 2.40. The first-order valence-electron chi connectivity index (χ1n) is 8.03. The molecule has 0 saturated heterocycles. The average Bonchev–Trinajstić information content (AvgIpc) is 3.03. The van der Waals surface area contributed by atoms with Gasteiger partial charge in [-0.05, 0) is 12.5 Å². The van der Waals surface area contributed by atoms with Crippen LogP contribution in [0.2, 0.25) is 0 Å². The largest absolute Gasteiger partial charge is 0.451 e. The molecular weight excluding hydrogens is 378 g/mol. The lowest BCUT2D eigenvalue weighted by molar-refractivity contribution is -0.148. The molecule has 146 valence electrons. The van der Waals surface area contributed by atoms with Gasteiger partial charge in [0.25, 0.3) is 0 Å². The number of alkyl halides is 3. The zero-order chi connectivity index (χ0) is 19.8. The number of nitrogens with zero attached hydrogens (tertiary/aromatic N) is 4. The summed E-state index contributed by atoms with van der Waals surface area (Å²) in [6.45, 7) is -0.152.